The van der Waals surface area contributed by atoms with Crippen molar-refractivity contribution in [3.8, 4) is 5.88 Å². The molecule has 0 aromatic carbocycles. The van der Waals surface area contributed by atoms with Crippen LogP contribution >= 0.6 is 0 Å². The molecule has 4 heterocycles. The van der Waals surface area contributed by atoms with Crippen molar-refractivity contribution in [3.63, 3.8) is 0 Å². The maximum atomic E-state index is 13.3. The number of urea groups is 1. The Bertz CT molecular complexity index is 1180. The van der Waals surface area contributed by atoms with Crippen LogP contribution < -0.4 is 16.2 Å². The van der Waals surface area contributed by atoms with Crippen LogP contribution in [0.4, 0.5) is 10.6 Å². The van der Waals surface area contributed by atoms with E-state index in [4.69, 9.17) is 4.74 Å². The van der Waals surface area contributed by atoms with Crippen LogP contribution in [0, 0.1) is 5.41 Å². The van der Waals surface area contributed by atoms with Gasteiger partial charge in [-0.05, 0) is 31.1 Å². The van der Waals surface area contributed by atoms with E-state index >= 15 is 0 Å². The molecule has 11 heteroatoms. The van der Waals surface area contributed by atoms with Gasteiger partial charge in [-0.1, -0.05) is 20.8 Å². The summed E-state index contributed by atoms with van der Waals surface area (Å²) in [6.45, 7) is 7.79. The molecule has 1 aliphatic carbocycles. The zero-order chi connectivity index (χ0) is 23.5. The second-order valence-electron chi connectivity index (χ2n) is 10.4. The van der Waals surface area contributed by atoms with Gasteiger partial charge in [0, 0.05) is 31.8 Å². The van der Waals surface area contributed by atoms with Crippen molar-refractivity contribution in [1.82, 2.24) is 24.4 Å². The summed E-state index contributed by atoms with van der Waals surface area (Å²) in [7, 11) is 0. The Morgan fingerprint density at radius 3 is 2.55 bits per heavy atom. The van der Waals surface area contributed by atoms with Gasteiger partial charge in [0.2, 0.25) is 5.88 Å². The molecule has 2 aromatic heterocycles. The van der Waals surface area contributed by atoms with E-state index in [0.717, 1.165) is 30.2 Å². The van der Waals surface area contributed by atoms with E-state index in [0.29, 0.717) is 31.0 Å². The number of anilines is 1. The van der Waals surface area contributed by atoms with E-state index in [1.54, 1.807) is 9.47 Å². The third-order valence-corrected chi connectivity index (χ3v) is 6.32. The molecule has 0 atom stereocenters. The molecule has 33 heavy (non-hydrogen) atoms. The number of ether oxygens (including phenoxy) is 1. The molecular formula is C22H30N6O5. The van der Waals surface area contributed by atoms with Crippen LogP contribution in [0.15, 0.2) is 4.79 Å². The van der Waals surface area contributed by atoms with E-state index in [-0.39, 0.29) is 47.3 Å². The van der Waals surface area contributed by atoms with Crippen LogP contribution in [0.5, 0.6) is 5.88 Å². The molecule has 1 saturated carbocycles. The van der Waals surface area contributed by atoms with Crippen molar-refractivity contribution in [1.29, 1.82) is 0 Å². The third-order valence-electron chi connectivity index (χ3n) is 6.32. The molecule has 5 rings (SSSR count). The van der Waals surface area contributed by atoms with Crippen LogP contribution in [0.25, 0.3) is 5.65 Å². The van der Waals surface area contributed by atoms with Crippen LogP contribution in [-0.4, -0.2) is 61.4 Å². The fraction of sp³-hybridized carbons (Fsp3) is 0.636. The summed E-state index contributed by atoms with van der Waals surface area (Å²) in [4.78, 5) is 40.7. The molecule has 0 bridgehead atoms. The monoisotopic (exact) mass is 458 g/mol. The molecule has 0 radical (unpaired) electrons. The molecule has 3 N–H and O–H groups in total. The predicted molar refractivity (Wildman–Crippen MR) is 119 cm³/mol. The molecule has 11 nitrogen and oxygen atoms in total. The maximum Gasteiger partial charge on any atom is 0.323 e. The fourth-order valence-corrected chi connectivity index (χ4v) is 4.56. The highest BCUT2D eigenvalue weighted by Crippen LogP contribution is 2.33. The molecule has 178 valence electrons. The number of aromatic nitrogens is 3. The molecule has 3 amide bonds. The first-order chi connectivity index (χ1) is 15.6. The number of carbonyl (C=O) groups excluding carboxylic acids is 2. The first-order valence-electron chi connectivity index (χ1n) is 11.5. The van der Waals surface area contributed by atoms with Gasteiger partial charge in [0.25, 0.3) is 11.5 Å². The van der Waals surface area contributed by atoms with Gasteiger partial charge in [0.15, 0.2) is 11.4 Å². The molecule has 3 aliphatic rings. The Hall–Kier alpha value is -3.08. The fourth-order valence-electron chi connectivity index (χ4n) is 4.56. The molecular weight excluding hydrogens is 428 g/mol. The quantitative estimate of drug-likeness (QED) is 0.639. The Labute approximate surface area is 190 Å². The van der Waals surface area contributed by atoms with Crippen molar-refractivity contribution in [3.05, 3.63) is 21.5 Å². The molecule has 1 saturated heterocycles. The lowest BCUT2D eigenvalue weighted by Gasteiger charge is -2.36. The Morgan fingerprint density at radius 1 is 1.21 bits per heavy atom. The molecule has 0 unspecified atom stereocenters. The van der Waals surface area contributed by atoms with Crippen molar-refractivity contribution in [2.45, 2.75) is 71.6 Å². The minimum atomic E-state index is -0.702. The van der Waals surface area contributed by atoms with Crippen molar-refractivity contribution in [2.24, 2.45) is 5.41 Å². The average molecular weight is 459 g/mol. The lowest BCUT2D eigenvalue weighted by Crippen LogP contribution is -2.47. The summed E-state index contributed by atoms with van der Waals surface area (Å²) < 4.78 is 8.15. The van der Waals surface area contributed by atoms with E-state index in [1.807, 2.05) is 20.8 Å². The number of rotatable bonds is 4. The van der Waals surface area contributed by atoms with Gasteiger partial charge in [0.05, 0.1) is 12.1 Å². The van der Waals surface area contributed by atoms with E-state index in [9.17, 15) is 19.5 Å². The van der Waals surface area contributed by atoms with E-state index < -0.39 is 11.5 Å². The predicted octanol–water partition coefficient (Wildman–Crippen LogP) is 1.67. The zero-order valence-corrected chi connectivity index (χ0v) is 19.2. The van der Waals surface area contributed by atoms with Gasteiger partial charge < -0.3 is 20.1 Å². The Balaban J connectivity index is 1.66. The van der Waals surface area contributed by atoms with Crippen LogP contribution in [0.3, 0.4) is 0 Å². The normalized spacial score (nSPS) is 19.5. The molecule has 2 aliphatic heterocycles. The molecule has 2 aromatic rings. The minimum absolute atomic E-state index is 0.0156. The summed E-state index contributed by atoms with van der Waals surface area (Å²) in [5.41, 5.74) is -0.264. The SMILES string of the molecule is CC(C)(C)Cn1c(O)c(C(=O)NC2CC2)c(=O)n2nc3c(c12)CN(C1CCOCC1)C(=O)N3. The minimum Gasteiger partial charge on any atom is -0.494 e. The summed E-state index contributed by atoms with van der Waals surface area (Å²) in [5.74, 6) is -0.703. The third kappa shape index (κ3) is 3.94. The molecule has 2 fully saturated rings. The van der Waals surface area contributed by atoms with Gasteiger partial charge in [-0.25, -0.2) is 4.79 Å². The van der Waals surface area contributed by atoms with Gasteiger partial charge in [-0.2, -0.15) is 4.52 Å². The van der Waals surface area contributed by atoms with Gasteiger partial charge in [-0.15, -0.1) is 5.10 Å². The summed E-state index contributed by atoms with van der Waals surface area (Å²) in [6.07, 6.45) is 3.17. The maximum absolute atomic E-state index is 13.3. The topological polar surface area (TPSA) is 130 Å². The summed E-state index contributed by atoms with van der Waals surface area (Å²) in [5, 5.41) is 21.1. The first-order valence-corrected chi connectivity index (χ1v) is 11.5. The smallest absolute Gasteiger partial charge is 0.323 e. The summed E-state index contributed by atoms with van der Waals surface area (Å²) >= 11 is 0. The first kappa shape index (κ1) is 21.7. The standard InChI is InChI=1S/C22H30N6O5/c1-22(2,3)11-27-18-14-10-26(13-6-8-33-9-7-13)21(32)24-16(14)25-28(18)20(31)15(19(27)30)17(29)23-12-4-5-12/h12-13,30H,4-11H2,1-3H3,(H,23,29)(H,24,25,32). The van der Waals surface area contributed by atoms with Gasteiger partial charge in [-0.3, -0.25) is 19.5 Å². The van der Waals surface area contributed by atoms with Gasteiger partial charge >= 0.3 is 6.03 Å². The Morgan fingerprint density at radius 2 is 1.91 bits per heavy atom. The number of carbonyl (C=O) groups is 2. The lowest BCUT2D eigenvalue weighted by molar-refractivity contribution is 0.0454. The lowest BCUT2D eigenvalue weighted by atomic mass is 9.96. The number of nitrogens with one attached hydrogen (secondary N) is 2. The number of hydrogen-bond acceptors (Lipinski definition) is 6. The largest absolute Gasteiger partial charge is 0.494 e. The number of hydrogen-bond donors (Lipinski definition) is 3. The second-order valence-corrected chi connectivity index (χ2v) is 10.4. The van der Waals surface area contributed by atoms with Crippen LogP contribution in [-0.2, 0) is 17.8 Å². The van der Waals surface area contributed by atoms with E-state index in [1.165, 1.54) is 0 Å². The van der Waals surface area contributed by atoms with Crippen LogP contribution in [0.1, 0.15) is 62.4 Å². The number of aromatic hydroxyl groups is 1. The van der Waals surface area contributed by atoms with Crippen molar-refractivity contribution in [2.75, 3.05) is 18.5 Å². The highest BCUT2D eigenvalue weighted by molar-refractivity contribution is 5.97. The second kappa shape index (κ2) is 7.75. The van der Waals surface area contributed by atoms with Crippen molar-refractivity contribution >= 4 is 23.4 Å². The highest BCUT2D eigenvalue weighted by atomic mass is 16.5. The highest BCUT2D eigenvalue weighted by Gasteiger charge is 2.36. The number of nitrogens with zero attached hydrogens (tertiary/aromatic N) is 4. The Kier molecular flexibility index (Phi) is 5.11. The molecule has 0 spiro atoms. The number of fused-ring (bicyclic) bond motifs is 3. The average Bonchev–Trinajstić information content (AvgIpc) is 3.48. The summed E-state index contributed by atoms with van der Waals surface area (Å²) in [6, 6.07) is -0.230. The number of amides is 3. The van der Waals surface area contributed by atoms with Gasteiger partial charge in [0.1, 0.15) is 5.65 Å². The van der Waals surface area contributed by atoms with Crippen molar-refractivity contribution < 1.29 is 19.4 Å². The van der Waals surface area contributed by atoms with E-state index in [2.05, 4.69) is 15.7 Å². The zero-order valence-electron chi connectivity index (χ0n) is 19.2. The van der Waals surface area contributed by atoms with Crippen LogP contribution in [0.2, 0.25) is 0 Å².